The monoisotopic (exact) mass is 275 g/mol. The molecule has 1 heterocycles. The minimum Gasteiger partial charge on any atom is -0.378 e. The lowest BCUT2D eigenvalue weighted by molar-refractivity contribution is 0.0953. The molecule has 0 amide bonds. The van der Waals surface area contributed by atoms with Crippen LogP contribution in [0.2, 0.25) is 0 Å². The average Bonchev–Trinajstić information content (AvgIpc) is 2.87. The fraction of sp³-hybridized carbons (Fsp3) is 0.667. The van der Waals surface area contributed by atoms with E-state index in [2.05, 4.69) is 50.4 Å². The number of hydrogen-bond acceptors (Lipinski definition) is 2. The third-order valence-electron chi connectivity index (χ3n) is 4.33. The normalized spacial score (nSPS) is 23.9. The third kappa shape index (κ3) is 3.83. The average molecular weight is 275 g/mol. The van der Waals surface area contributed by atoms with Gasteiger partial charge in [-0.05, 0) is 43.9 Å². The molecule has 0 saturated carbocycles. The van der Waals surface area contributed by atoms with E-state index in [1.165, 1.54) is 36.8 Å². The highest BCUT2D eigenvalue weighted by Crippen LogP contribution is 2.33. The molecule has 1 aromatic carbocycles. The summed E-state index contributed by atoms with van der Waals surface area (Å²) in [5.74, 6) is 0.596. The third-order valence-corrected chi connectivity index (χ3v) is 4.33. The molecule has 0 aromatic heterocycles. The molecule has 1 aliphatic rings. The summed E-state index contributed by atoms with van der Waals surface area (Å²) < 4.78 is 5.79. The Hall–Kier alpha value is -0.860. The van der Waals surface area contributed by atoms with Gasteiger partial charge in [0, 0.05) is 18.6 Å². The Labute approximate surface area is 123 Å². The molecular formula is C18H29NO. The second-order valence-electron chi connectivity index (χ2n) is 5.96. The van der Waals surface area contributed by atoms with E-state index in [1.807, 2.05) is 0 Å². The maximum absolute atomic E-state index is 5.79. The number of nitrogens with one attached hydrogen (secondary N) is 1. The predicted molar refractivity (Wildman–Crippen MR) is 85.0 cm³/mol. The van der Waals surface area contributed by atoms with Crippen LogP contribution >= 0.6 is 0 Å². The van der Waals surface area contributed by atoms with Gasteiger partial charge in [-0.2, -0.15) is 0 Å². The van der Waals surface area contributed by atoms with Gasteiger partial charge in [0.1, 0.15) is 0 Å². The standard InChI is InChI=1S/C18H29NO/c1-4-7-15-8-6-9-16(13-15)18(19-11-5-2)17-10-12-20-14(17)3/h6,8-9,13-14,17-19H,4-5,7,10-12H2,1-3H3. The second kappa shape index (κ2) is 7.80. The Balaban J connectivity index is 2.18. The number of benzene rings is 1. The molecule has 1 N–H and O–H groups in total. The molecule has 0 spiro atoms. The van der Waals surface area contributed by atoms with Crippen LogP contribution in [0, 0.1) is 5.92 Å². The topological polar surface area (TPSA) is 21.3 Å². The highest BCUT2D eigenvalue weighted by atomic mass is 16.5. The fourth-order valence-electron chi connectivity index (χ4n) is 3.23. The lowest BCUT2D eigenvalue weighted by Crippen LogP contribution is -2.32. The van der Waals surface area contributed by atoms with E-state index < -0.39 is 0 Å². The molecule has 0 aliphatic carbocycles. The molecule has 112 valence electrons. The van der Waals surface area contributed by atoms with Gasteiger partial charge >= 0.3 is 0 Å². The minimum atomic E-state index is 0.360. The van der Waals surface area contributed by atoms with Crippen molar-refractivity contribution in [1.82, 2.24) is 5.32 Å². The van der Waals surface area contributed by atoms with E-state index in [0.29, 0.717) is 18.1 Å². The van der Waals surface area contributed by atoms with Crippen molar-refractivity contribution < 1.29 is 4.74 Å². The van der Waals surface area contributed by atoms with Gasteiger partial charge in [-0.25, -0.2) is 0 Å². The van der Waals surface area contributed by atoms with Crippen molar-refractivity contribution in [2.75, 3.05) is 13.2 Å². The Morgan fingerprint density at radius 2 is 2.15 bits per heavy atom. The molecule has 0 bridgehead atoms. The van der Waals surface area contributed by atoms with E-state index in [9.17, 15) is 0 Å². The molecule has 2 rings (SSSR count). The predicted octanol–water partition coefficient (Wildman–Crippen LogP) is 4.10. The minimum absolute atomic E-state index is 0.360. The van der Waals surface area contributed by atoms with Crippen LogP contribution in [0.3, 0.4) is 0 Å². The first-order valence-electron chi connectivity index (χ1n) is 8.20. The Kier molecular flexibility index (Phi) is 6.06. The summed E-state index contributed by atoms with van der Waals surface area (Å²) in [6.45, 7) is 8.67. The molecular weight excluding hydrogens is 246 g/mol. The number of aryl methyl sites for hydroxylation is 1. The molecule has 3 atom stereocenters. The van der Waals surface area contributed by atoms with E-state index >= 15 is 0 Å². The van der Waals surface area contributed by atoms with E-state index in [-0.39, 0.29) is 0 Å². The van der Waals surface area contributed by atoms with Gasteiger partial charge in [0.25, 0.3) is 0 Å². The molecule has 1 aromatic rings. The summed E-state index contributed by atoms with van der Waals surface area (Å²) >= 11 is 0. The zero-order valence-corrected chi connectivity index (χ0v) is 13.2. The summed E-state index contributed by atoms with van der Waals surface area (Å²) in [5, 5.41) is 3.75. The summed E-state index contributed by atoms with van der Waals surface area (Å²) in [6, 6.07) is 9.56. The van der Waals surface area contributed by atoms with E-state index in [4.69, 9.17) is 4.74 Å². The van der Waals surface area contributed by atoms with E-state index in [0.717, 1.165) is 13.2 Å². The molecule has 1 aliphatic heterocycles. The molecule has 2 heteroatoms. The van der Waals surface area contributed by atoms with Crippen molar-refractivity contribution in [2.45, 2.75) is 58.6 Å². The molecule has 1 saturated heterocycles. The van der Waals surface area contributed by atoms with Crippen LogP contribution < -0.4 is 5.32 Å². The second-order valence-corrected chi connectivity index (χ2v) is 5.96. The van der Waals surface area contributed by atoms with Crippen molar-refractivity contribution in [3.05, 3.63) is 35.4 Å². The number of rotatable bonds is 7. The smallest absolute Gasteiger partial charge is 0.0594 e. The number of ether oxygens (including phenoxy) is 1. The Morgan fingerprint density at radius 3 is 2.80 bits per heavy atom. The maximum atomic E-state index is 5.79. The highest BCUT2D eigenvalue weighted by Gasteiger charge is 2.32. The van der Waals surface area contributed by atoms with Crippen molar-refractivity contribution in [2.24, 2.45) is 5.92 Å². The zero-order chi connectivity index (χ0) is 14.4. The van der Waals surface area contributed by atoms with Crippen LogP contribution in [0.1, 0.15) is 57.2 Å². The Morgan fingerprint density at radius 1 is 1.30 bits per heavy atom. The van der Waals surface area contributed by atoms with Gasteiger partial charge in [0.15, 0.2) is 0 Å². The van der Waals surface area contributed by atoms with Crippen molar-refractivity contribution in [3.8, 4) is 0 Å². The van der Waals surface area contributed by atoms with Crippen molar-refractivity contribution in [1.29, 1.82) is 0 Å². The number of hydrogen-bond donors (Lipinski definition) is 1. The van der Waals surface area contributed by atoms with Gasteiger partial charge in [-0.1, -0.05) is 44.5 Å². The van der Waals surface area contributed by atoms with Crippen LogP contribution in [0.25, 0.3) is 0 Å². The van der Waals surface area contributed by atoms with Crippen LogP contribution in [0.5, 0.6) is 0 Å². The van der Waals surface area contributed by atoms with Gasteiger partial charge < -0.3 is 10.1 Å². The summed E-state index contributed by atoms with van der Waals surface area (Å²) in [7, 11) is 0. The van der Waals surface area contributed by atoms with Crippen LogP contribution in [-0.2, 0) is 11.2 Å². The largest absolute Gasteiger partial charge is 0.378 e. The van der Waals surface area contributed by atoms with Gasteiger partial charge in [0.2, 0.25) is 0 Å². The SMILES string of the molecule is CCCNC(c1cccc(CCC)c1)C1CCOC1C. The first-order valence-corrected chi connectivity index (χ1v) is 8.20. The highest BCUT2D eigenvalue weighted by molar-refractivity contribution is 5.27. The maximum Gasteiger partial charge on any atom is 0.0594 e. The van der Waals surface area contributed by atoms with Crippen molar-refractivity contribution >= 4 is 0 Å². The van der Waals surface area contributed by atoms with Crippen LogP contribution in [0.4, 0.5) is 0 Å². The van der Waals surface area contributed by atoms with Crippen LogP contribution in [-0.4, -0.2) is 19.3 Å². The van der Waals surface area contributed by atoms with Crippen molar-refractivity contribution in [3.63, 3.8) is 0 Å². The molecule has 0 radical (unpaired) electrons. The quantitative estimate of drug-likeness (QED) is 0.808. The molecule has 3 unspecified atom stereocenters. The van der Waals surface area contributed by atoms with Gasteiger partial charge in [-0.15, -0.1) is 0 Å². The fourth-order valence-corrected chi connectivity index (χ4v) is 3.23. The van der Waals surface area contributed by atoms with Crippen LogP contribution in [0.15, 0.2) is 24.3 Å². The lowest BCUT2D eigenvalue weighted by Gasteiger charge is -2.28. The van der Waals surface area contributed by atoms with E-state index in [1.54, 1.807) is 0 Å². The van der Waals surface area contributed by atoms with Gasteiger partial charge in [0.05, 0.1) is 6.10 Å². The summed E-state index contributed by atoms with van der Waals surface area (Å²) in [4.78, 5) is 0. The molecule has 20 heavy (non-hydrogen) atoms. The summed E-state index contributed by atoms with van der Waals surface area (Å²) in [6.07, 6.45) is 5.08. The van der Waals surface area contributed by atoms with Gasteiger partial charge in [-0.3, -0.25) is 0 Å². The zero-order valence-electron chi connectivity index (χ0n) is 13.2. The molecule has 2 nitrogen and oxygen atoms in total. The summed E-state index contributed by atoms with van der Waals surface area (Å²) in [5.41, 5.74) is 2.90. The molecule has 1 fully saturated rings. The Bertz CT molecular complexity index is 404. The lowest BCUT2D eigenvalue weighted by atomic mass is 9.87. The first kappa shape index (κ1) is 15.5. The first-order chi connectivity index (χ1) is 9.76.